The van der Waals surface area contributed by atoms with Crippen molar-refractivity contribution >= 4 is 23.6 Å². The van der Waals surface area contributed by atoms with Crippen molar-refractivity contribution in [2.45, 2.75) is 24.9 Å². The molecule has 1 aromatic carbocycles. The number of ether oxygens (including phenoxy) is 1. The summed E-state index contributed by atoms with van der Waals surface area (Å²) in [6.07, 6.45) is 0.246. The number of amides is 2. The number of benzene rings is 1. The standard InChI is InChI=1S/C14H17ClN2O4/c1-9(10-4-2-3-5-11(10)15)16-13(20)17-14(12(18)19)6-7-21-8-14/h2-5,9H,6-8H2,1H3,(H,18,19)(H2,16,17,20). The zero-order valence-corrected chi connectivity index (χ0v) is 12.3. The van der Waals surface area contributed by atoms with E-state index in [0.717, 1.165) is 5.56 Å². The molecule has 7 heteroatoms. The maximum absolute atomic E-state index is 12.0. The Bertz CT molecular complexity index is 544. The van der Waals surface area contributed by atoms with Crippen LogP contribution >= 0.6 is 11.6 Å². The molecule has 1 fully saturated rings. The van der Waals surface area contributed by atoms with Crippen molar-refractivity contribution in [3.8, 4) is 0 Å². The van der Waals surface area contributed by atoms with E-state index in [9.17, 15) is 14.7 Å². The summed E-state index contributed by atoms with van der Waals surface area (Å²) in [4.78, 5) is 23.3. The molecule has 1 aliphatic heterocycles. The average Bonchev–Trinajstić information content (AvgIpc) is 2.88. The lowest BCUT2D eigenvalue weighted by Gasteiger charge is -2.25. The second-order valence-corrected chi connectivity index (χ2v) is 5.44. The van der Waals surface area contributed by atoms with Gasteiger partial charge in [0.15, 0.2) is 5.54 Å². The van der Waals surface area contributed by atoms with Gasteiger partial charge in [0.05, 0.1) is 12.6 Å². The summed E-state index contributed by atoms with van der Waals surface area (Å²) in [7, 11) is 0. The molecule has 1 aromatic rings. The van der Waals surface area contributed by atoms with Crippen LogP contribution in [-0.2, 0) is 9.53 Å². The molecule has 0 spiro atoms. The molecule has 0 radical (unpaired) electrons. The highest BCUT2D eigenvalue weighted by Gasteiger charge is 2.44. The smallest absolute Gasteiger partial charge is 0.332 e. The Hall–Kier alpha value is -1.79. The summed E-state index contributed by atoms with van der Waals surface area (Å²) in [5.74, 6) is -1.10. The largest absolute Gasteiger partial charge is 0.479 e. The number of nitrogens with one attached hydrogen (secondary N) is 2. The number of carboxylic acids is 1. The number of carboxylic acid groups (broad SMARTS) is 1. The van der Waals surface area contributed by atoms with Gasteiger partial charge in [-0.05, 0) is 18.6 Å². The lowest BCUT2D eigenvalue weighted by molar-refractivity contribution is -0.144. The quantitative estimate of drug-likeness (QED) is 0.793. The SMILES string of the molecule is CC(NC(=O)NC1(C(=O)O)CCOC1)c1ccccc1Cl. The summed E-state index contributed by atoms with van der Waals surface area (Å²) in [5, 5.41) is 15.0. The van der Waals surface area contributed by atoms with Crippen LogP contribution in [0.25, 0.3) is 0 Å². The lowest BCUT2D eigenvalue weighted by Crippen LogP contribution is -2.57. The van der Waals surface area contributed by atoms with Crippen molar-refractivity contribution < 1.29 is 19.4 Å². The molecule has 0 bridgehead atoms. The van der Waals surface area contributed by atoms with Gasteiger partial charge < -0.3 is 20.5 Å². The Morgan fingerprint density at radius 3 is 2.71 bits per heavy atom. The van der Waals surface area contributed by atoms with Crippen LogP contribution in [0.3, 0.4) is 0 Å². The van der Waals surface area contributed by atoms with Crippen LogP contribution in [0, 0.1) is 0 Å². The Morgan fingerprint density at radius 2 is 2.14 bits per heavy atom. The number of carbonyl (C=O) groups is 2. The van der Waals surface area contributed by atoms with Gasteiger partial charge in [0, 0.05) is 18.1 Å². The van der Waals surface area contributed by atoms with E-state index in [1.54, 1.807) is 25.1 Å². The first-order valence-corrected chi connectivity index (χ1v) is 6.97. The summed E-state index contributed by atoms with van der Waals surface area (Å²) in [6, 6.07) is 6.26. The van der Waals surface area contributed by atoms with E-state index in [0.29, 0.717) is 11.6 Å². The van der Waals surface area contributed by atoms with Crippen LogP contribution in [0.15, 0.2) is 24.3 Å². The molecule has 0 saturated carbocycles. The third-order valence-corrected chi connectivity index (χ3v) is 3.85. The monoisotopic (exact) mass is 312 g/mol. The van der Waals surface area contributed by atoms with Gasteiger partial charge >= 0.3 is 12.0 Å². The molecule has 2 unspecified atom stereocenters. The number of hydrogen-bond acceptors (Lipinski definition) is 3. The average molecular weight is 313 g/mol. The second-order valence-electron chi connectivity index (χ2n) is 5.03. The van der Waals surface area contributed by atoms with E-state index < -0.39 is 17.5 Å². The fourth-order valence-electron chi connectivity index (χ4n) is 2.24. The number of hydrogen-bond donors (Lipinski definition) is 3. The third kappa shape index (κ3) is 3.46. The molecule has 1 aliphatic rings. The van der Waals surface area contributed by atoms with Gasteiger partial charge in [-0.1, -0.05) is 29.8 Å². The molecule has 2 amide bonds. The summed E-state index contributed by atoms with van der Waals surface area (Å²) >= 11 is 6.06. The third-order valence-electron chi connectivity index (χ3n) is 3.50. The van der Waals surface area contributed by atoms with Gasteiger partial charge in [-0.2, -0.15) is 0 Å². The highest BCUT2D eigenvalue weighted by Crippen LogP contribution is 2.23. The number of halogens is 1. The van der Waals surface area contributed by atoms with E-state index in [4.69, 9.17) is 16.3 Å². The van der Waals surface area contributed by atoms with E-state index in [2.05, 4.69) is 10.6 Å². The van der Waals surface area contributed by atoms with Crippen LogP contribution in [0.2, 0.25) is 5.02 Å². The first-order valence-electron chi connectivity index (χ1n) is 6.59. The molecule has 3 N–H and O–H groups in total. The van der Waals surface area contributed by atoms with Crippen molar-refractivity contribution in [2.24, 2.45) is 0 Å². The number of rotatable bonds is 4. The van der Waals surface area contributed by atoms with Gasteiger partial charge in [-0.15, -0.1) is 0 Å². The highest BCUT2D eigenvalue weighted by molar-refractivity contribution is 6.31. The molecule has 2 rings (SSSR count). The summed E-state index contributed by atoms with van der Waals surface area (Å²) in [6.45, 7) is 2.06. The molecule has 6 nitrogen and oxygen atoms in total. The van der Waals surface area contributed by atoms with Gasteiger partial charge in [0.2, 0.25) is 0 Å². The predicted octanol–water partition coefficient (Wildman–Crippen LogP) is 1.94. The van der Waals surface area contributed by atoms with E-state index in [1.807, 2.05) is 6.07 Å². The predicted molar refractivity (Wildman–Crippen MR) is 77.3 cm³/mol. The fourth-order valence-corrected chi connectivity index (χ4v) is 2.54. The molecule has 0 aliphatic carbocycles. The van der Waals surface area contributed by atoms with E-state index in [-0.39, 0.29) is 19.1 Å². The van der Waals surface area contributed by atoms with Crippen LogP contribution in [0.1, 0.15) is 24.9 Å². The normalized spacial score (nSPS) is 22.6. The number of urea groups is 1. The second kappa shape index (κ2) is 6.32. The Balaban J connectivity index is 2.01. The van der Waals surface area contributed by atoms with Crippen molar-refractivity contribution in [1.82, 2.24) is 10.6 Å². The summed E-state index contributed by atoms with van der Waals surface area (Å²) < 4.78 is 5.09. The maximum atomic E-state index is 12.0. The molecule has 0 aromatic heterocycles. The first kappa shape index (κ1) is 15.6. The van der Waals surface area contributed by atoms with Crippen LogP contribution in [-0.4, -0.2) is 35.9 Å². The lowest BCUT2D eigenvalue weighted by atomic mass is 9.99. The van der Waals surface area contributed by atoms with Crippen molar-refractivity contribution in [3.05, 3.63) is 34.9 Å². The Morgan fingerprint density at radius 1 is 1.43 bits per heavy atom. The molecular formula is C14H17ClN2O4. The zero-order chi connectivity index (χ0) is 15.5. The van der Waals surface area contributed by atoms with Crippen LogP contribution in [0.4, 0.5) is 4.79 Å². The van der Waals surface area contributed by atoms with E-state index >= 15 is 0 Å². The van der Waals surface area contributed by atoms with Crippen molar-refractivity contribution in [3.63, 3.8) is 0 Å². The minimum absolute atomic E-state index is 0.0315. The Labute approximate surface area is 127 Å². The van der Waals surface area contributed by atoms with E-state index in [1.165, 1.54) is 0 Å². The Kier molecular flexibility index (Phi) is 4.69. The zero-order valence-electron chi connectivity index (χ0n) is 11.6. The van der Waals surface area contributed by atoms with Crippen LogP contribution < -0.4 is 10.6 Å². The minimum Gasteiger partial charge on any atom is -0.479 e. The topological polar surface area (TPSA) is 87.7 Å². The first-order chi connectivity index (χ1) is 9.94. The highest BCUT2D eigenvalue weighted by atomic mass is 35.5. The van der Waals surface area contributed by atoms with Gasteiger partial charge in [-0.3, -0.25) is 0 Å². The van der Waals surface area contributed by atoms with Crippen molar-refractivity contribution in [2.75, 3.05) is 13.2 Å². The minimum atomic E-state index is -1.36. The number of carbonyl (C=O) groups excluding carboxylic acids is 1. The molecule has 1 saturated heterocycles. The molecule has 21 heavy (non-hydrogen) atoms. The van der Waals surface area contributed by atoms with Gasteiger partial charge in [0.1, 0.15) is 0 Å². The molecular weight excluding hydrogens is 296 g/mol. The maximum Gasteiger partial charge on any atom is 0.332 e. The fraction of sp³-hybridized carbons (Fsp3) is 0.429. The summed E-state index contributed by atoms with van der Waals surface area (Å²) in [5.41, 5.74) is -0.592. The molecule has 2 atom stereocenters. The van der Waals surface area contributed by atoms with Crippen molar-refractivity contribution in [1.29, 1.82) is 0 Å². The molecule has 114 valence electrons. The van der Waals surface area contributed by atoms with Gasteiger partial charge in [0.25, 0.3) is 0 Å². The number of aliphatic carboxylic acids is 1. The molecule has 1 heterocycles. The van der Waals surface area contributed by atoms with Gasteiger partial charge in [-0.25, -0.2) is 9.59 Å². The van der Waals surface area contributed by atoms with Crippen LogP contribution in [0.5, 0.6) is 0 Å².